The van der Waals surface area contributed by atoms with Crippen molar-refractivity contribution in [1.82, 2.24) is 0 Å². The number of nitrogens with zero attached hydrogens (tertiary/aromatic N) is 1. The molecule has 276 valence electrons. The van der Waals surface area contributed by atoms with Crippen LogP contribution in [0.5, 0.6) is 0 Å². The van der Waals surface area contributed by atoms with Crippen LogP contribution in [-0.2, 0) is 5.41 Å². The third kappa shape index (κ3) is 5.87. The Labute approximate surface area is 341 Å². The molecule has 10 rings (SSSR count). The van der Waals surface area contributed by atoms with E-state index in [1.54, 1.807) is 0 Å². The lowest BCUT2D eigenvalue weighted by atomic mass is 9.83. The summed E-state index contributed by atoms with van der Waals surface area (Å²) in [5.74, 6) is 0. The van der Waals surface area contributed by atoms with Gasteiger partial charge in [0.05, 0.1) is 0 Å². The van der Waals surface area contributed by atoms with Crippen molar-refractivity contribution in [3.8, 4) is 33.4 Å². The molecule has 0 spiro atoms. The molecule has 9 aromatic carbocycles. The van der Waals surface area contributed by atoms with Crippen LogP contribution in [-0.4, -0.2) is 0 Å². The summed E-state index contributed by atoms with van der Waals surface area (Å²) in [6.07, 6.45) is 3.96. The van der Waals surface area contributed by atoms with Gasteiger partial charge in [0, 0.05) is 22.5 Å². The van der Waals surface area contributed by atoms with Crippen molar-refractivity contribution in [2.24, 2.45) is 0 Å². The van der Waals surface area contributed by atoms with Crippen LogP contribution in [0.3, 0.4) is 0 Å². The predicted molar refractivity (Wildman–Crippen MR) is 250 cm³/mol. The van der Waals surface area contributed by atoms with E-state index in [4.69, 9.17) is 0 Å². The Hall–Kier alpha value is -7.22. The average Bonchev–Trinajstić information content (AvgIpc) is 3.47. The molecule has 1 aliphatic rings. The maximum Gasteiger partial charge on any atom is 0.0467 e. The minimum Gasteiger partial charge on any atom is -0.310 e. The van der Waals surface area contributed by atoms with Crippen molar-refractivity contribution >= 4 is 55.0 Å². The summed E-state index contributed by atoms with van der Waals surface area (Å²) in [5.41, 5.74) is 15.0. The molecule has 1 heteroatoms. The number of hydrogen-bond donors (Lipinski definition) is 0. The van der Waals surface area contributed by atoms with E-state index in [0.717, 1.165) is 28.2 Å². The summed E-state index contributed by atoms with van der Waals surface area (Å²) in [6.45, 7) is 13.1. The second kappa shape index (κ2) is 14.1. The molecule has 0 aromatic heterocycles. The summed E-state index contributed by atoms with van der Waals surface area (Å²) in [6, 6.07) is 68.8. The molecule has 0 amide bonds. The lowest BCUT2D eigenvalue weighted by Gasteiger charge is -2.28. The van der Waals surface area contributed by atoms with Gasteiger partial charge in [0.25, 0.3) is 0 Å². The van der Waals surface area contributed by atoms with Crippen molar-refractivity contribution in [3.05, 3.63) is 230 Å². The fraction of sp³-hybridized carbons (Fsp3) is 0.0526. The summed E-state index contributed by atoms with van der Waals surface area (Å²) in [7, 11) is 0. The zero-order valence-electron chi connectivity index (χ0n) is 32.9. The first-order valence-corrected chi connectivity index (χ1v) is 20.1. The van der Waals surface area contributed by atoms with Gasteiger partial charge in [-0.05, 0) is 130 Å². The standard InChI is InChI=1S/C57H43N/c1-5-14-48-38(2)57(3,4)56-37-47(32-34-54(48)56)58(45-30-27-42(28-31-45)41-25-23-40(24-26-41)39-15-7-6-8-16-39)46-18-13-17-43(35-46)44-29-33-53-51-21-10-9-19-49(51)50-20-11-12-22-52(50)55(53)36-44/h5-37H,1-2H2,3-4H3/b48-14+. The highest BCUT2D eigenvalue weighted by molar-refractivity contribution is 6.25. The van der Waals surface area contributed by atoms with E-state index in [2.05, 4.69) is 226 Å². The van der Waals surface area contributed by atoms with Gasteiger partial charge in [-0.15, -0.1) is 0 Å². The Bertz CT molecular complexity index is 3050. The summed E-state index contributed by atoms with van der Waals surface area (Å²) < 4.78 is 0. The predicted octanol–water partition coefficient (Wildman–Crippen LogP) is 16.0. The number of rotatable bonds is 7. The van der Waals surface area contributed by atoms with E-state index < -0.39 is 0 Å². The fourth-order valence-electron chi connectivity index (χ4n) is 9.04. The third-order valence-electron chi connectivity index (χ3n) is 12.2. The first-order chi connectivity index (χ1) is 28.4. The van der Waals surface area contributed by atoms with Crippen LogP contribution in [0.25, 0.3) is 71.3 Å². The molecule has 1 aliphatic carbocycles. The Morgan fingerprint density at radius 2 is 0.879 bits per heavy atom. The van der Waals surface area contributed by atoms with E-state index in [9.17, 15) is 0 Å². The zero-order chi connectivity index (χ0) is 39.4. The third-order valence-corrected chi connectivity index (χ3v) is 12.2. The topological polar surface area (TPSA) is 3.24 Å². The summed E-state index contributed by atoms with van der Waals surface area (Å²) in [5, 5.41) is 7.68. The van der Waals surface area contributed by atoms with Gasteiger partial charge in [-0.25, -0.2) is 0 Å². The van der Waals surface area contributed by atoms with Crippen LogP contribution in [0, 0.1) is 0 Å². The number of benzene rings is 9. The van der Waals surface area contributed by atoms with Gasteiger partial charge in [-0.1, -0.05) is 185 Å². The van der Waals surface area contributed by atoms with Crippen LogP contribution >= 0.6 is 0 Å². The number of allylic oxidation sites excluding steroid dienone is 4. The highest BCUT2D eigenvalue weighted by atomic mass is 15.1. The van der Waals surface area contributed by atoms with Gasteiger partial charge in [0.1, 0.15) is 0 Å². The van der Waals surface area contributed by atoms with Crippen LogP contribution < -0.4 is 4.90 Å². The van der Waals surface area contributed by atoms with Gasteiger partial charge in [-0.2, -0.15) is 0 Å². The maximum atomic E-state index is 4.55. The first kappa shape index (κ1) is 35.2. The van der Waals surface area contributed by atoms with Crippen LogP contribution in [0.1, 0.15) is 25.0 Å². The Kier molecular flexibility index (Phi) is 8.54. The van der Waals surface area contributed by atoms with Crippen LogP contribution in [0.2, 0.25) is 0 Å². The molecule has 9 aromatic rings. The second-order valence-electron chi connectivity index (χ2n) is 15.9. The van der Waals surface area contributed by atoms with Crippen molar-refractivity contribution in [2.45, 2.75) is 19.3 Å². The second-order valence-corrected chi connectivity index (χ2v) is 15.9. The molecule has 0 atom stereocenters. The largest absolute Gasteiger partial charge is 0.310 e. The molecule has 0 saturated carbocycles. The Morgan fingerprint density at radius 1 is 0.414 bits per heavy atom. The van der Waals surface area contributed by atoms with Gasteiger partial charge in [-0.3, -0.25) is 0 Å². The molecule has 0 heterocycles. The van der Waals surface area contributed by atoms with Crippen molar-refractivity contribution in [1.29, 1.82) is 0 Å². The number of anilines is 3. The normalized spacial score (nSPS) is 14.0. The zero-order valence-corrected chi connectivity index (χ0v) is 32.9. The van der Waals surface area contributed by atoms with Gasteiger partial charge in [0.2, 0.25) is 0 Å². The SMILES string of the molecule is C=C/C=C1\C(=C)C(C)(C)c2cc(N(c3ccc(-c4ccc(-c5ccccc5)cc4)cc3)c3cccc(-c4ccc5c6ccccc6c6ccccc6c5c4)c3)ccc21. The lowest BCUT2D eigenvalue weighted by Crippen LogP contribution is -2.16. The molecule has 0 radical (unpaired) electrons. The summed E-state index contributed by atoms with van der Waals surface area (Å²) >= 11 is 0. The average molecular weight is 742 g/mol. The quantitative estimate of drug-likeness (QED) is 0.147. The molecular weight excluding hydrogens is 699 g/mol. The molecule has 0 saturated heterocycles. The van der Waals surface area contributed by atoms with E-state index >= 15 is 0 Å². The molecule has 0 bridgehead atoms. The van der Waals surface area contributed by atoms with Gasteiger partial charge >= 0.3 is 0 Å². The van der Waals surface area contributed by atoms with Gasteiger partial charge in [0.15, 0.2) is 0 Å². The van der Waals surface area contributed by atoms with Crippen molar-refractivity contribution in [2.75, 3.05) is 4.90 Å². The van der Waals surface area contributed by atoms with E-state index in [0.29, 0.717) is 0 Å². The van der Waals surface area contributed by atoms with Crippen LogP contribution in [0.15, 0.2) is 219 Å². The number of hydrogen-bond acceptors (Lipinski definition) is 1. The monoisotopic (exact) mass is 741 g/mol. The molecule has 0 unspecified atom stereocenters. The fourth-order valence-corrected chi connectivity index (χ4v) is 9.04. The highest BCUT2D eigenvalue weighted by Gasteiger charge is 2.37. The molecule has 0 aliphatic heterocycles. The molecule has 0 fully saturated rings. The summed E-state index contributed by atoms with van der Waals surface area (Å²) in [4.78, 5) is 2.39. The smallest absolute Gasteiger partial charge is 0.0467 e. The molecule has 58 heavy (non-hydrogen) atoms. The van der Waals surface area contributed by atoms with Crippen molar-refractivity contribution in [3.63, 3.8) is 0 Å². The highest BCUT2D eigenvalue weighted by Crippen LogP contribution is 2.51. The maximum absolute atomic E-state index is 4.55. The Morgan fingerprint density at radius 3 is 1.50 bits per heavy atom. The van der Waals surface area contributed by atoms with E-state index in [1.807, 2.05) is 6.08 Å². The Balaban J connectivity index is 1.09. The van der Waals surface area contributed by atoms with Gasteiger partial charge < -0.3 is 4.90 Å². The molecular formula is C57H43N. The van der Waals surface area contributed by atoms with Crippen molar-refractivity contribution < 1.29 is 0 Å². The first-order valence-electron chi connectivity index (χ1n) is 20.1. The minimum absolute atomic E-state index is 0.221. The molecule has 1 nitrogen and oxygen atoms in total. The van der Waals surface area contributed by atoms with E-state index in [-0.39, 0.29) is 5.41 Å². The van der Waals surface area contributed by atoms with Crippen LogP contribution in [0.4, 0.5) is 17.1 Å². The molecule has 0 N–H and O–H groups in total. The number of fused-ring (bicyclic) bond motifs is 7. The lowest BCUT2D eigenvalue weighted by molar-refractivity contribution is 0.663. The minimum atomic E-state index is -0.221. The van der Waals surface area contributed by atoms with E-state index in [1.165, 1.54) is 76.8 Å².